The van der Waals surface area contributed by atoms with Gasteiger partial charge in [-0.3, -0.25) is 9.59 Å². The zero-order valence-corrected chi connectivity index (χ0v) is 33.9. The lowest BCUT2D eigenvalue weighted by Gasteiger charge is -2.23. The van der Waals surface area contributed by atoms with Crippen LogP contribution in [0, 0.1) is 12.8 Å². The number of sulfone groups is 1. The number of nitrogens with one attached hydrogen (secondary N) is 1. The zero-order valence-electron chi connectivity index (χ0n) is 33.1. The number of rotatable bonds is 23. The number of aryl methyl sites for hydroxylation is 1. The van der Waals surface area contributed by atoms with E-state index in [9.17, 15) is 18.0 Å². The SMILES string of the molecule is CCCCCCCCC(CCCCCC)C(=O)OCC(=O)Nc1ccc(-c2nc3n(n2)N=C(C)/C3=N/c2ccc(N(CC)CCS(C)(=O)=O)cc2C)cc1. The van der Waals surface area contributed by atoms with Crippen molar-refractivity contribution >= 4 is 50.2 Å². The number of unbranched alkanes of at least 4 members (excludes halogenated alkanes) is 8. The number of anilines is 2. The van der Waals surface area contributed by atoms with Gasteiger partial charge >= 0.3 is 5.97 Å². The van der Waals surface area contributed by atoms with Gasteiger partial charge in [0.25, 0.3) is 5.91 Å². The summed E-state index contributed by atoms with van der Waals surface area (Å²) in [5.41, 5.74) is 5.24. The first-order valence-corrected chi connectivity index (χ1v) is 21.7. The highest BCUT2D eigenvalue weighted by molar-refractivity contribution is 7.90. The number of fused-ring (bicyclic) bond motifs is 1. The molecule has 0 spiro atoms. The number of hydrogen-bond acceptors (Lipinski definition) is 10. The van der Waals surface area contributed by atoms with Gasteiger partial charge in [-0.15, -0.1) is 9.89 Å². The molecule has 3 aromatic rings. The fourth-order valence-corrected chi connectivity index (χ4v) is 7.03. The third-order valence-corrected chi connectivity index (χ3v) is 10.6. The first-order valence-electron chi connectivity index (χ1n) is 19.6. The van der Waals surface area contributed by atoms with E-state index in [4.69, 9.17) is 14.7 Å². The van der Waals surface area contributed by atoms with Crippen LogP contribution in [0.25, 0.3) is 11.4 Å². The molecule has 0 aliphatic carbocycles. The van der Waals surface area contributed by atoms with Gasteiger partial charge < -0.3 is 15.0 Å². The van der Waals surface area contributed by atoms with Crippen LogP contribution in [-0.2, 0) is 24.2 Å². The molecule has 1 unspecified atom stereocenters. The number of amides is 1. The molecule has 12 nitrogen and oxygen atoms in total. The van der Waals surface area contributed by atoms with Crippen molar-refractivity contribution in [1.82, 2.24) is 14.9 Å². The second-order valence-electron chi connectivity index (χ2n) is 14.3. The van der Waals surface area contributed by atoms with Crippen molar-refractivity contribution in [3.63, 3.8) is 0 Å². The summed E-state index contributed by atoms with van der Waals surface area (Å²) in [5.74, 6) is 0.253. The molecule has 2 aromatic carbocycles. The largest absolute Gasteiger partial charge is 0.455 e. The second kappa shape index (κ2) is 20.9. The molecule has 294 valence electrons. The number of nitrogens with zero attached hydrogens (tertiary/aromatic N) is 6. The maximum Gasteiger partial charge on any atom is 0.309 e. The Morgan fingerprint density at radius 2 is 1.56 bits per heavy atom. The van der Waals surface area contributed by atoms with Crippen LogP contribution < -0.4 is 10.2 Å². The molecule has 0 radical (unpaired) electrons. The van der Waals surface area contributed by atoms with E-state index >= 15 is 0 Å². The molecule has 1 aromatic heterocycles. The van der Waals surface area contributed by atoms with Crippen molar-refractivity contribution in [2.75, 3.05) is 41.9 Å². The van der Waals surface area contributed by atoms with E-state index in [1.165, 1.54) is 36.7 Å². The van der Waals surface area contributed by atoms with Crippen LogP contribution in [0.4, 0.5) is 17.1 Å². The van der Waals surface area contributed by atoms with Crippen LogP contribution in [0.1, 0.15) is 116 Å². The van der Waals surface area contributed by atoms with Gasteiger partial charge in [0.1, 0.15) is 15.5 Å². The summed E-state index contributed by atoms with van der Waals surface area (Å²) in [4.78, 5) is 38.9. The molecule has 0 saturated heterocycles. The fraction of sp³-hybridized carbons (Fsp3) is 0.561. The van der Waals surface area contributed by atoms with Crippen LogP contribution in [-0.4, -0.2) is 78.3 Å². The van der Waals surface area contributed by atoms with Crippen molar-refractivity contribution in [2.45, 2.75) is 112 Å². The highest BCUT2D eigenvalue weighted by Gasteiger charge is 2.26. The molecule has 4 rings (SSSR count). The molecule has 2 heterocycles. The van der Waals surface area contributed by atoms with Gasteiger partial charge in [0.2, 0.25) is 5.82 Å². The topological polar surface area (TPSA) is 148 Å². The lowest BCUT2D eigenvalue weighted by Crippen LogP contribution is -2.28. The van der Waals surface area contributed by atoms with E-state index in [2.05, 4.69) is 29.4 Å². The average Bonchev–Trinajstić information content (AvgIpc) is 3.67. The van der Waals surface area contributed by atoms with Crippen molar-refractivity contribution < 1.29 is 22.7 Å². The highest BCUT2D eigenvalue weighted by Crippen LogP contribution is 2.28. The molecule has 54 heavy (non-hydrogen) atoms. The summed E-state index contributed by atoms with van der Waals surface area (Å²) in [6.45, 7) is 11.0. The molecule has 0 saturated carbocycles. The van der Waals surface area contributed by atoms with Crippen molar-refractivity contribution in [3.05, 3.63) is 53.9 Å². The number of benzene rings is 2. The molecule has 1 aliphatic rings. The Labute approximate surface area is 321 Å². The number of aliphatic imine (C=N–C) groups is 1. The minimum Gasteiger partial charge on any atom is -0.455 e. The van der Waals surface area contributed by atoms with Crippen LogP contribution in [0.5, 0.6) is 0 Å². The molecule has 0 bridgehead atoms. The predicted molar refractivity (Wildman–Crippen MR) is 219 cm³/mol. The van der Waals surface area contributed by atoms with Crippen molar-refractivity contribution in [2.24, 2.45) is 16.0 Å². The standard InChI is InChI=1S/C41H59N7O5S/c1-7-10-12-14-15-17-19-33(18-16-13-11-8-2)41(50)53-29-37(49)42-34-22-20-32(21-23-34)39-44-40-38(31(5)45-48(40)46-39)43-36-25-24-35(28-30(36)4)47(9-3)26-27-54(6,51)52/h20-25,28,33H,7-19,26-27,29H2,1-6H3,(H,42,49)/b43-38-. The maximum atomic E-state index is 13.0. The molecule has 1 aliphatic heterocycles. The van der Waals surface area contributed by atoms with Gasteiger partial charge in [-0.1, -0.05) is 78.1 Å². The summed E-state index contributed by atoms with van der Waals surface area (Å²) >= 11 is 0. The fourth-order valence-electron chi connectivity index (χ4n) is 6.48. The molecular weight excluding hydrogens is 703 g/mol. The smallest absolute Gasteiger partial charge is 0.309 e. The Morgan fingerprint density at radius 1 is 0.907 bits per heavy atom. The number of aromatic nitrogens is 3. The molecule has 1 amide bonds. The third-order valence-electron chi connectivity index (χ3n) is 9.70. The average molecular weight is 762 g/mol. The molecule has 1 atom stereocenters. The summed E-state index contributed by atoms with van der Waals surface area (Å²) < 4.78 is 28.9. The normalized spacial score (nSPS) is 13.8. The number of hydrogen-bond donors (Lipinski definition) is 1. The van der Waals surface area contributed by atoms with E-state index in [0.717, 1.165) is 73.9 Å². The predicted octanol–water partition coefficient (Wildman–Crippen LogP) is 8.30. The number of carbonyl (C=O) groups is 2. The van der Waals surface area contributed by atoms with Gasteiger partial charge in [-0.2, -0.15) is 5.10 Å². The van der Waals surface area contributed by atoms with E-state index in [1.807, 2.05) is 56.0 Å². The van der Waals surface area contributed by atoms with Gasteiger partial charge in [0, 0.05) is 36.3 Å². The Balaban J connectivity index is 1.35. The number of carbonyl (C=O) groups excluding carboxylic acids is 2. The molecule has 1 N–H and O–H groups in total. The summed E-state index contributed by atoms with van der Waals surface area (Å²) in [6, 6.07) is 13.0. The maximum absolute atomic E-state index is 13.0. The van der Waals surface area contributed by atoms with E-state index in [0.29, 0.717) is 41.8 Å². The first-order chi connectivity index (χ1) is 25.9. The van der Waals surface area contributed by atoms with E-state index < -0.39 is 9.84 Å². The number of esters is 1. The monoisotopic (exact) mass is 761 g/mol. The minimum atomic E-state index is -3.07. The third kappa shape index (κ3) is 12.9. The second-order valence-corrected chi connectivity index (χ2v) is 16.6. The van der Waals surface area contributed by atoms with Crippen LogP contribution in [0.3, 0.4) is 0 Å². The van der Waals surface area contributed by atoms with E-state index in [-0.39, 0.29) is 30.2 Å². The quantitative estimate of drug-likeness (QED) is 0.0750. The molecule has 13 heteroatoms. The summed E-state index contributed by atoms with van der Waals surface area (Å²) in [6.07, 6.45) is 14.3. The van der Waals surface area contributed by atoms with Crippen molar-refractivity contribution in [3.8, 4) is 11.4 Å². The number of ether oxygens (including phenoxy) is 1. The Bertz CT molecular complexity index is 1870. The summed E-state index contributed by atoms with van der Waals surface area (Å²) in [5, 5.41) is 11.9. The van der Waals surface area contributed by atoms with Gasteiger partial charge in [-0.25, -0.2) is 18.4 Å². The van der Waals surface area contributed by atoms with Gasteiger partial charge in [0.05, 0.1) is 23.1 Å². The lowest BCUT2D eigenvalue weighted by atomic mass is 9.94. The molecular formula is C41H59N7O5S. The van der Waals surface area contributed by atoms with Crippen LogP contribution >= 0.6 is 0 Å². The van der Waals surface area contributed by atoms with E-state index in [1.54, 1.807) is 12.1 Å². The summed E-state index contributed by atoms with van der Waals surface area (Å²) in [7, 11) is -3.07. The minimum absolute atomic E-state index is 0.0885. The lowest BCUT2D eigenvalue weighted by molar-refractivity contribution is -0.152. The Morgan fingerprint density at radius 3 is 2.19 bits per heavy atom. The van der Waals surface area contributed by atoms with Gasteiger partial charge in [0.15, 0.2) is 12.4 Å². The highest BCUT2D eigenvalue weighted by atomic mass is 32.2. The van der Waals surface area contributed by atoms with Gasteiger partial charge in [-0.05, 0) is 81.6 Å². The Kier molecular flexibility index (Phi) is 16.4. The van der Waals surface area contributed by atoms with Crippen LogP contribution in [0.2, 0.25) is 0 Å². The molecule has 0 fully saturated rings. The van der Waals surface area contributed by atoms with Crippen molar-refractivity contribution in [1.29, 1.82) is 0 Å². The zero-order chi connectivity index (χ0) is 39.1. The van der Waals surface area contributed by atoms with Crippen LogP contribution in [0.15, 0.2) is 52.6 Å². The Hall–Kier alpha value is -4.39. The first kappa shape index (κ1) is 42.4.